The largest absolute Gasteiger partial charge is 0.446 e. The Kier molecular flexibility index (Phi) is 4.02. The van der Waals surface area contributed by atoms with E-state index in [1.165, 1.54) is 18.4 Å². The van der Waals surface area contributed by atoms with Crippen LogP contribution in [0.2, 0.25) is 0 Å². The summed E-state index contributed by atoms with van der Waals surface area (Å²) in [5.41, 5.74) is 2.06. The monoisotopic (exact) mass is 233 g/mol. The molecule has 0 radical (unpaired) electrons. The van der Waals surface area contributed by atoms with E-state index in [2.05, 4.69) is 12.2 Å². The summed E-state index contributed by atoms with van der Waals surface area (Å²) in [4.78, 5) is 11.6. The molecule has 1 aromatic carbocycles. The Morgan fingerprint density at radius 1 is 1.29 bits per heavy atom. The number of carbonyl (C=O) groups excluding carboxylic acids is 1. The first kappa shape index (κ1) is 12.0. The standard InChI is InChI=1S/C14H19NO2/c1-2-11-7-9-12(10-8-11)15-14(16)17-13-5-3-4-6-13/h7-10,13H,2-6H2,1H3,(H,15,16). The number of carbonyl (C=O) groups is 1. The molecule has 3 nitrogen and oxygen atoms in total. The zero-order chi connectivity index (χ0) is 12.1. The van der Waals surface area contributed by atoms with Crippen LogP contribution >= 0.6 is 0 Å². The van der Waals surface area contributed by atoms with Crippen molar-refractivity contribution in [3.63, 3.8) is 0 Å². The number of anilines is 1. The summed E-state index contributed by atoms with van der Waals surface area (Å²) in [7, 11) is 0. The average Bonchev–Trinajstić information content (AvgIpc) is 2.82. The molecule has 1 aliphatic carbocycles. The summed E-state index contributed by atoms with van der Waals surface area (Å²) < 4.78 is 5.32. The Morgan fingerprint density at radius 3 is 2.53 bits per heavy atom. The molecular weight excluding hydrogens is 214 g/mol. The van der Waals surface area contributed by atoms with Gasteiger partial charge in [0.05, 0.1) is 0 Å². The number of hydrogen-bond donors (Lipinski definition) is 1. The minimum Gasteiger partial charge on any atom is -0.446 e. The average molecular weight is 233 g/mol. The molecule has 17 heavy (non-hydrogen) atoms. The van der Waals surface area contributed by atoms with Crippen molar-refractivity contribution in [2.45, 2.75) is 45.1 Å². The highest BCUT2D eigenvalue weighted by Crippen LogP contribution is 2.21. The molecule has 3 heteroatoms. The van der Waals surface area contributed by atoms with E-state index in [1.807, 2.05) is 24.3 Å². The van der Waals surface area contributed by atoms with E-state index >= 15 is 0 Å². The second-order valence-electron chi connectivity index (χ2n) is 4.49. The van der Waals surface area contributed by atoms with Gasteiger partial charge in [-0.15, -0.1) is 0 Å². The van der Waals surface area contributed by atoms with Gasteiger partial charge in [0.15, 0.2) is 0 Å². The maximum Gasteiger partial charge on any atom is 0.411 e. The molecule has 1 amide bonds. The number of hydrogen-bond acceptors (Lipinski definition) is 2. The van der Waals surface area contributed by atoms with E-state index in [0.717, 1.165) is 24.9 Å². The van der Waals surface area contributed by atoms with Crippen molar-refractivity contribution in [1.82, 2.24) is 0 Å². The molecule has 1 aliphatic rings. The molecule has 0 heterocycles. The lowest BCUT2D eigenvalue weighted by molar-refractivity contribution is 0.114. The normalized spacial score (nSPS) is 15.8. The number of amides is 1. The molecule has 1 N–H and O–H groups in total. The van der Waals surface area contributed by atoms with E-state index in [1.54, 1.807) is 0 Å². The van der Waals surface area contributed by atoms with Gasteiger partial charge < -0.3 is 4.74 Å². The van der Waals surface area contributed by atoms with Gasteiger partial charge in [-0.3, -0.25) is 5.32 Å². The zero-order valence-corrected chi connectivity index (χ0v) is 10.2. The number of aryl methyl sites for hydroxylation is 1. The quantitative estimate of drug-likeness (QED) is 0.863. The smallest absolute Gasteiger partial charge is 0.411 e. The second kappa shape index (κ2) is 5.71. The highest BCUT2D eigenvalue weighted by atomic mass is 16.6. The second-order valence-corrected chi connectivity index (χ2v) is 4.49. The summed E-state index contributed by atoms with van der Waals surface area (Å²) in [6.45, 7) is 2.11. The Morgan fingerprint density at radius 2 is 1.94 bits per heavy atom. The Labute approximate surface area is 102 Å². The highest BCUT2D eigenvalue weighted by molar-refractivity contribution is 5.84. The van der Waals surface area contributed by atoms with E-state index in [4.69, 9.17) is 4.74 Å². The van der Waals surface area contributed by atoms with Crippen LogP contribution in [0.15, 0.2) is 24.3 Å². The molecule has 0 aliphatic heterocycles. The predicted octanol–water partition coefficient (Wildman–Crippen LogP) is 3.74. The van der Waals surface area contributed by atoms with Crippen LogP contribution in [-0.4, -0.2) is 12.2 Å². The van der Waals surface area contributed by atoms with Crippen LogP contribution < -0.4 is 5.32 Å². The van der Waals surface area contributed by atoms with Gasteiger partial charge in [0, 0.05) is 5.69 Å². The molecule has 0 saturated heterocycles. The van der Waals surface area contributed by atoms with Crippen molar-refractivity contribution in [3.8, 4) is 0 Å². The van der Waals surface area contributed by atoms with Gasteiger partial charge in [0.25, 0.3) is 0 Å². The first-order valence-electron chi connectivity index (χ1n) is 6.34. The summed E-state index contributed by atoms with van der Waals surface area (Å²) in [5, 5.41) is 2.76. The third kappa shape index (κ3) is 3.48. The van der Waals surface area contributed by atoms with Crippen molar-refractivity contribution < 1.29 is 9.53 Å². The SMILES string of the molecule is CCc1ccc(NC(=O)OC2CCCC2)cc1. The summed E-state index contributed by atoms with van der Waals surface area (Å²) in [6, 6.07) is 7.86. The molecule has 92 valence electrons. The molecule has 1 saturated carbocycles. The van der Waals surface area contributed by atoms with E-state index in [-0.39, 0.29) is 12.2 Å². The van der Waals surface area contributed by atoms with Crippen molar-refractivity contribution in [2.75, 3.05) is 5.32 Å². The van der Waals surface area contributed by atoms with Gasteiger partial charge in [-0.05, 0) is 49.8 Å². The van der Waals surface area contributed by atoms with Crippen molar-refractivity contribution in [3.05, 3.63) is 29.8 Å². The van der Waals surface area contributed by atoms with Gasteiger partial charge in [0.1, 0.15) is 6.10 Å². The molecular formula is C14H19NO2. The Hall–Kier alpha value is -1.51. The van der Waals surface area contributed by atoms with Crippen LogP contribution in [0, 0.1) is 0 Å². The molecule has 2 rings (SSSR count). The van der Waals surface area contributed by atoms with E-state index in [9.17, 15) is 4.79 Å². The lowest BCUT2D eigenvalue weighted by Crippen LogP contribution is -2.20. The lowest BCUT2D eigenvalue weighted by Gasteiger charge is -2.12. The van der Waals surface area contributed by atoms with Gasteiger partial charge in [0.2, 0.25) is 0 Å². The van der Waals surface area contributed by atoms with Crippen LogP contribution in [0.25, 0.3) is 0 Å². The number of benzene rings is 1. The van der Waals surface area contributed by atoms with Gasteiger partial charge in [-0.1, -0.05) is 19.1 Å². The van der Waals surface area contributed by atoms with Gasteiger partial charge >= 0.3 is 6.09 Å². The molecule has 0 atom stereocenters. The van der Waals surface area contributed by atoms with Crippen LogP contribution in [0.5, 0.6) is 0 Å². The highest BCUT2D eigenvalue weighted by Gasteiger charge is 2.18. The van der Waals surface area contributed by atoms with E-state index in [0.29, 0.717) is 0 Å². The number of nitrogens with one attached hydrogen (secondary N) is 1. The maximum absolute atomic E-state index is 11.6. The van der Waals surface area contributed by atoms with Crippen LogP contribution in [0.3, 0.4) is 0 Å². The molecule has 0 bridgehead atoms. The molecule has 0 aromatic heterocycles. The van der Waals surface area contributed by atoms with Crippen LogP contribution in [-0.2, 0) is 11.2 Å². The lowest BCUT2D eigenvalue weighted by atomic mass is 10.1. The van der Waals surface area contributed by atoms with Crippen LogP contribution in [0.1, 0.15) is 38.2 Å². The van der Waals surface area contributed by atoms with Crippen LogP contribution in [0.4, 0.5) is 10.5 Å². The molecule has 0 spiro atoms. The van der Waals surface area contributed by atoms with E-state index < -0.39 is 0 Å². The molecule has 1 aromatic rings. The van der Waals surface area contributed by atoms with Crippen molar-refractivity contribution in [1.29, 1.82) is 0 Å². The summed E-state index contributed by atoms with van der Waals surface area (Å²) in [6.07, 6.45) is 5.13. The number of rotatable bonds is 3. The predicted molar refractivity (Wildman–Crippen MR) is 68.2 cm³/mol. The van der Waals surface area contributed by atoms with Crippen molar-refractivity contribution >= 4 is 11.8 Å². The Balaban J connectivity index is 1.84. The fraction of sp³-hybridized carbons (Fsp3) is 0.500. The third-order valence-corrected chi connectivity index (χ3v) is 3.18. The minimum absolute atomic E-state index is 0.116. The first-order valence-corrected chi connectivity index (χ1v) is 6.34. The zero-order valence-electron chi connectivity index (χ0n) is 10.2. The fourth-order valence-corrected chi connectivity index (χ4v) is 2.13. The van der Waals surface area contributed by atoms with Crippen molar-refractivity contribution in [2.24, 2.45) is 0 Å². The summed E-state index contributed by atoms with van der Waals surface area (Å²) >= 11 is 0. The minimum atomic E-state index is -0.332. The third-order valence-electron chi connectivity index (χ3n) is 3.18. The Bertz CT molecular complexity index is 366. The first-order chi connectivity index (χ1) is 8.28. The maximum atomic E-state index is 11.6. The van der Waals surface area contributed by atoms with Gasteiger partial charge in [-0.25, -0.2) is 4.79 Å². The van der Waals surface area contributed by atoms with Gasteiger partial charge in [-0.2, -0.15) is 0 Å². The molecule has 0 unspecified atom stereocenters. The summed E-state index contributed by atoms with van der Waals surface area (Å²) in [5.74, 6) is 0. The number of ether oxygens (including phenoxy) is 1. The molecule has 1 fully saturated rings. The topological polar surface area (TPSA) is 38.3 Å². The fourth-order valence-electron chi connectivity index (χ4n) is 2.13.